The van der Waals surface area contributed by atoms with Gasteiger partial charge in [-0.25, -0.2) is 0 Å². The summed E-state index contributed by atoms with van der Waals surface area (Å²) in [5.74, 6) is -0.164. The summed E-state index contributed by atoms with van der Waals surface area (Å²) in [6.07, 6.45) is 3.16. The molecule has 112 valence electrons. The monoisotopic (exact) mass is 304 g/mol. The van der Waals surface area contributed by atoms with Crippen LogP contribution in [0.25, 0.3) is 0 Å². The van der Waals surface area contributed by atoms with Gasteiger partial charge >= 0.3 is 12.6 Å². The summed E-state index contributed by atoms with van der Waals surface area (Å²) in [5.41, 5.74) is 0.734. The van der Waals surface area contributed by atoms with E-state index in [0.29, 0.717) is 11.7 Å². The molecule has 0 saturated heterocycles. The maximum absolute atomic E-state index is 12.0. The minimum absolute atomic E-state index is 0.0869. The molecule has 0 bridgehead atoms. The van der Waals surface area contributed by atoms with Crippen LogP contribution in [0.2, 0.25) is 0 Å². The molecule has 0 aliphatic rings. The molecule has 1 aromatic carbocycles. The molecule has 0 N–H and O–H groups in total. The van der Waals surface area contributed by atoms with Crippen LogP contribution in [0.1, 0.15) is 25.3 Å². The van der Waals surface area contributed by atoms with Gasteiger partial charge in [-0.1, -0.05) is 19.1 Å². The summed E-state index contributed by atoms with van der Waals surface area (Å²) in [6, 6.07) is 6.03. The van der Waals surface area contributed by atoms with Crippen molar-refractivity contribution in [3.8, 4) is 5.75 Å². The maximum atomic E-state index is 12.0. The zero-order valence-electron chi connectivity index (χ0n) is 11.5. The number of thioether (sulfide) groups is 1. The first kappa shape index (κ1) is 16.8. The lowest BCUT2D eigenvalue weighted by molar-refractivity contribution is -0.145. The van der Waals surface area contributed by atoms with Crippen LogP contribution < -0.4 is 4.74 Å². The highest BCUT2D eigenvalue weighted by atomic mass is 32.2. The second-order valence-electron chi connectivity index (χ2n) is 4.27. The van der Waals surface area contributed by atoms with Gasteiger partial charge in [-0.3, -0.25) is 4.79 Å². The van der Waals surface area contributed by atoms with Crippen molar-refractivity contribution >= 4 is 17.7 Å². The Bertz CT molecular complexity index is 409. The number of hydrogen-bond donors (Lipinski definition) is 0. The van der Waals surface area contributed by atoms with Gasteiger partial charge < -0.3 is 9.47 Å². The van der Waals surface area contributed by atoms with Gasteiger partial charge in [0, 0.05) is 11.7 Å². The van der Waals surface area contributed by atoms with Crippen molar-refractivity contribution in [2.45, 2.75) is 38.2 Å². The molecule has 6 heteroatoms. The summed E-state index contributed by atoms with van der Waals surface area (Å²) in [6.45, 7) is -0.640. The number of esters is 1. The van der Waals surface area contributed by atoms with Crippen molar-refractivity contribution < 1.29 is 23.0 Å². The van der Waals surface area contributed by atoms with E-state index in [2.05, 4.69) is 11.7 Å². The number of hydrogen-bond acceptors (Lipinski definition) is 4. The molecule has 0 heterocycles. The van der Waals surface area contributed by atoms with Gasteiger partial charge in [-0.15, -0.1) is 0 Å². The molecule has 0 amide bonds. The molecule has 3 nitrogen and oxygen atoms in total. The van der Waals surface area contributed by atoms with Crippen molar-refractivity contribution in [2.75, 3.05) is 6.26 Å². The molecule has 0 spiro atoms. The molecule has 0 radical (unpaired) electrons. The minimum Gasteiger partial charge on any atom is -0.461 e. The highest BCUT2D eigenvalue weighted by Gasteiger charge is 2.08. The second-order valence-corrected chi connectivity index (χ2v) is 5.54. The van der Waals surface area contributed by atoms with E-state index in [1.54, 1.807) is 23.9 Å². The van der Waals surface area contributed by atoms with Crippen LogP contribution >= 0.6 is 11.8 Å². The molecule has 0 saturated carbocycles. The normalized spacial score (nSPS) is 12.2. The van der Waals surface area contributed by atoms with E-state index < -0.39 is 6.61 Å². The van der Waals surface area contributed by atoms with Gasteiger partial charge in [0.1, 0.15) is 12.4 Å². The topological polar surface area (TPSA) is 35.5 Å². The van der Waals surface area contributed by atoms with Crippen LogP contribution in [0.15, 0.2) is 24.3 Å². The van der Waals surface area contributed by atoms with E-state index in [-0.39, 0.29) is 18.3 Å². The predicted molar refractivity (Wildman–Crippen MR) is 75.1 cm³/mol. The zero-order chi connectivity index (χ0) is 15.0. The molecule has 1 atom stereocenters. The largest absolute Gasteiger partial charge is 0.461 e. The van der Waals surface area contributed by atoms with E-state index in [4.69, 9.17) is 4.74 Å². The number of alkyl halides is 2. The predicted octanol–water partition coefficient (Wildman–Crippen LogP) is 3.86. The van der Waals surface area contributed by atoms with Crippen LogP contribution in [-0.4, -0.2) is 24.1 Å². The Hall–Kier alpha value is -1.30. The molecule has 1 aromatic rings. The van der Waals surface area contributed by atoms with Crippen molar-refractivity contribution in [3.63, 3.8) is 0 Å². The fourth-order valence-corrected chi connectivity index (χ4v) is 1.80. The maximum Gasteiger partial charge on any atom is 0.387 e. The molecule has 1 rings (SSSR count). The van der Waals surface area contributed by atoms with E-state index in [9.17, 15) is 13.6 Å². The number of halogens is 2. The Balaban J connectivity index is 2.32. The lowest BCUT2D eigenvalue weighted by Gasteiger charge is -2.09. The Morgan fingerprint density at radius 1 is 1.30 bits per heavy atom. The quantitative estimate of drug-likeness (QED) is 0.683. The number of carbonyl (C=O) groups excluding carboxylic acids is 1. The summed E-state index contributed by atoms with van der Waals surface area (Å²) in [5, 5.41) is 0.424. The molecule has 0 aliphatic heterocycles. The van der Waals surface area contributed by atoms with E-state index in [1.165, 1.54) is 12.1 Å². The summed E-state index contributed by atoms with van der Waals surface area (Å²) < 4.78 is 33.3. The Morgan fingerprint density at radius 2 is 1.95 bits per heavy atom. The van der Waals surface area contributed by atoms with Gasteiger partial charge in [0.25, 0.3) is 0 Å². The lowest BCUT2D eigenvalue weighted by atomic mass is 10.2. The third-order valence-electron chi connectivity index (χ3n) is 2.71. The van der Waals surface area contributed by atoms with Crippen molar-refractivity contribution in [1.29, 1.82) is 0 Å². The first-order valence-electron chi connectivity index (χ1n) is 6.23. The molecule has 0 fully saturated rings. The average Bonchev–Trinajstić information content (AvgIpc) is 2.43. The highest BCUT2D eigenvalue weighted by molar-refractivity contribution is 7.99. The van der Waals surface area contributed by atoms with Crippen LogP contribution in [0.3, 0.4) is 0 Å². The first-order chi connectivity index (χ1) is 9.51. The van der Waals surface area contributed by atoms with E-state index in [0.717, 1.165) is 12.0 Å². The number of carbonyl (C=O) groups is 1. The fraction of sp³-hybridized carbons (Fsp3) is 0.500. The van der Waals surface area contributed by atoms with Gasteiger partial charge in [-0.05, 0) is 30.4 Å². The first-order valence-corrected chi connectivity index (χ1v) is 7.52. The van der Waals surface area contributed by atoms with E-state index >= 15 is 0 Å². The van der Waals surface area contributed by atoms with Crippen LogP contribution in [0.4, 0.5) is 8.78 Å². The van der Waals surface area contributed by atoms with Crippen LogP contribution in [0.5, 0.6) is 5.75 Å². The summed E-state index contributed by atoms with van der Waals surface area (Å²) >= 11 is 1.70. The molecular weight excluding hydrogens is 286 g/mol. The van der Waals surface area contributed by atoms with Gasteiger partial charge in [-0.2, -0.15) is 20.5 Å². The molecule has 0 unspecified atom stereocenters. The third-order valence-corrected chi connectivity index (χ3v) is 3.75. The van der Waals surface area contributed by atoms with Gasteiger partial charge in [0.15, 0.2) is 0 Å². The molecular formula is C14H18F2O3S. The Morgan fingerprint density at radius 3 is 2.50 bits per heavy atom. The van der Waals surface area contributed by atoms with Crippen molar-refractivity contribution in [2.24, 2.45) is 0 Å². The number of rotatable bonds is 8. The highest BCUT2D eigenvalue weighted by Crippen LogP contribution is 2.16. The van der Waals surface area contributed by atoms with Crippen LogP contribution in [-0.2, 0) is 16.1 Å². The number of ether oxygens (including phenoxy) is 2. The SMILES string of the molecule is CS[C@H](C)CCC(=O)OCc1ccc(OC(F)F)cc1. The van der Waals surface area contributed by atoms with E-state index in [1.807, 2.05) is 6.26 Å². The minimum atomic E-state index is -2.84. The zero-order valence-corrected chi connectivity index (χ0v) is 12.3. The molecule has 0 aliphatic carbocycles. The van der Waals surface area contributed by atoms with Crippen molar-refractivity contribution in [1.82, 2.24) is 0 Å². The lowest BCUT2D eigenvalue weighted by Crippen LogP contribution is -2.07. The van der Waals surface area contributed by atoms with Crippen LogP contribution in [0, 0.1) is 0 Å². The standard InChI is InChI=1S/C14H18F2O3S/c1-10(20-2)3-8-13(17)18-9-11-4-6-12(7-5-11)19-14(15)16/h4-7,10,14H,3,8-9H2,1-2H3/t10-/m1/s1. The second kappa shape index (κ2) is 8.79. The Kier molecular flexibility index (Phi) is 7.36. The summed E-state index contributed by atoms with van der Waals surface area (Å²) in [7, 11) is 0. The van der Waals surface area contributed by atoms with Gasteiger partial charge in [0.05, 0.1) is 0 Å². The molecule has 0 aromatic heterocycles. The Labute approximate surface area is 121 Å². The third kappa shape index (κ3) is 6.75. The smallest absolute Gasteiger partial charge is 0.387 e. The van der Waals surface area contributed by atoms with Crippen molar-refractivity contribution in [3.05, 3.63) is 29.8 Å². The summed E-state index contributed by atoms with van der Waals surface area (Å²) in [4.78, 5) is 11.5. The number of benzene rings is 1. The van der Waals surface area contributed by atoms with Gasteiger partial charge in [0.2, 0.25) is 0 Å². The molecule has 20 heavy (non-hydrogen) atoms. The fourth-order valence-electron chi connectivity index (χ4n) is 1.44. The average molecular weight is 304 g/mol.